The Morgan fingerprint density at radius 2 is 2.06 bits per heavy atom. The van der Waals surface area contributed by atoms with Crippen LogP contribution in [-0.4, -0.2) is 30.2 Å². The van der Waals surface area contributed by atoms with E-state index in [1.165, 1.54) is 0 Å². The summed E-state index contributed by atoms with van der Waals surface area (Å²) < 4.78 is 0. The zero-order valence-corrected chi connectivity index (χ0v) is 10.4. The molecule has 0 aromatic carbocycles. The minimum Gasteiger partial charge on any atom is -0.481 e. The van der Waals surface area contributed by atoms with Crippen molar-refractivity contribution in [1.82, 2.24) is 10.6 Å². The molecule has 0 spiro atoms. The summed E-state index contributed by atoms with van der Waals surface area (Å²) in [4.78, 5) is 21.8. The van der Waals surface area contributed by atoms with Crippen molar-refractivity contribution in [2.45, 2.75) is 33.1 Å². The normalized spacial score (nSPS) is 10.9. The third-order valence-electron chi connectivity index (χ3n) is 2.30. The molecule has 17 heavy (non-hydrogen) atoms. The largest absolute Gasteiger partial charge is 0.481 e. The van der Waals surface area contributed by atoms with Gasteiger partial charge in [0.05, 0.1) is 0 Å². The van der Waals surface area contributed by atoms with Gasteiger partial charge in [0.25, 0.3) is 0 Å². The highest BCUT2D eigenvalue weighted by Gasteiger charge is 2.11. The maximum atomic E-state index is 11.3. The van der Waals surface area contributed by atoms with Gasteiger partial charge in [0, 0.05) is 25.9 Å². The number of carboxylic acids is 1. The Balaban J connectivity index is 3.72. The van der Waals surface area contributed by atoms with Crippen molar-refractivity contribution in [3.05, 3.63) is 0 Å². The second kappa shape index (κ2) is 9.52. The van der Waals surface area contributed by atoms with Crippen molar-refractivity contribution in [2.24, 2.45) is 5.92 Å². The van der Waals surface area contributed by atoms with E-state index in [1.54, 1.807) is 6.92 Å². The molecule has 0 aliphatic rings. The van der Waals surface area contributed by atoms with E-state index in [-0.39, 0.29) is 18.4 Å². The molecule has 96 valence electrons. The summed E-state index contributed by atoms with van der Waals surface area (Å²) in [5.41, 5.74) is 0. The molecule has 1 unspecified atom stereocenters. The van der Waals surface area contributed by atoms with Crippen molar-refractivity contribution in [3.63, 3.8) is 0 Å². The molecule has 0 heterocycles. The molecule has 5 heteroatoms. The Morgan fingerprint density at radius 1 is 1.35 bits per heavy atom. The summed E-state index contributed by atoms with van der Waals surface area (Å²) in [6.45, 7) is 4.54. The summed E-state index contributed by atoms with van der Waals surface area (Å²) >= 11 is 0. The third-order valence-corrected chi connectivity index (χ3v) is 2.30. The molecule has 5 nitrogen and oxygen atoms in total. The Labute approximate surface area is 102 Å². The first kappa shape index (κ1) is 15.3. The average Bonchev–Trinajstić information content (AvgIpc) is 2.29. The molecule has 0 rings (SSSR count). The lowest BCUT2D eigenvalue weighted by molar-refractivity contribution is -0.138. The van der Waals surface area contributed by atoms with E-state index in [4.69, 9.17) is 5.11 Å². The topological polar surface area (TPSA) is 78.4 Å². The number of urea groups is 1. The van der Waals surface area contributed by atoms with Gasteiger partial charge in [-0.05, 0) is 12.8 Å². The maximum absolute atomic E-state index is 11.3. The summed E-state index contributed by atoms with van der Waals surface area (Å²) in [6, 6.07) is -0.272. The summed E-state index contributed by atoms with van der Waals surface area (Å²) in [5.74, 6) is 4.72. The molecule has 0 fully saturated rings. The molecule has 0 saturated heterocycles. The van der Waals surface area contributed by atoms with Crippen LogP contribution in [0.1, 0.15) is 33.1 Å². The van der Waals surface area contributed by atoms with Gasteiger partial charge in [-0.25, -0.2) is 4.79 Å². The first-order valence-corrected chi connectivity index (χ1v) is 5.73. The molecular weight excluding hydrogens is 220 g/mol. The molecule has 0 aliphatic heterocycles. The van der Waals surface area contributed by atoms with Crippen LogP contribution in [0.25, 0.3) is 0 Å². The highest BCUT2D eigenvalue weighted by atomic mass is 16.4. The fraction of sp³-hybridized carbons (Fsp3) is 0.667. The number of hydrogen-bond acceptors (Lipinski definition) is 2. The number of aliphatic carboxylic acids is 1. The van der Waals surface area contributed by atoms with Gasteiger partial charge in [0.1, 0.15) is 0 Å². The van der Waals surface area contributed by atoms with Gasteiger partial charge in [-0.1, -0.05) is 13.3 Å². The molecule has 0 radical (unpaired) electrons. The van der Waals surface area contributed by atoms with Gasteiger partial charge in [-0.15, -0.1) is 11.8 Å². The van der Waals surface area contributed by atoms with Crippen molar-refractivity contribution in [2.75, 3.05) is 13.1 Å². The number of hydrogen-bond donors (Lipinski definition) is 3. The van der Waals surface area contributed by atoms with Crippen LogP contribution in [0.3, 0.4) is 0 Å². The van der Waals surface area contributed by atoms with Crippen molar-refractivity contribution < 1.29 is 14.7 Å². The van der Waals surface area contributed by atoms with Crippen LogP contribution >= 0.6 is 0 Å². The van der Waals surface area contributed by atoms with Crippen LogP contribution in [0.5, 0.6) is 0 Å². The molecule has 2 amide bonds. The Bertz CT molecular complexity index is 305. The van der Waals surface area contributed by atoms with Crippen LogP contribution in [-0.2, 0) is 4.79 Å². The average molecular weight is 240 g/mol. The molecule has 0 aliphatic carbocycles. The van der Waals surface area contributed by atoms with Crippen molar-refractivity contribution in [3.8, 4) is 11.8 Å². The Hall–Kier alpha value is -1.70. The van der Waals surface area contributed by atoms with E-state index >= 15 is 0 Å². The smallest absolute Gasteiger partial charge is 0.314 e. The van der Waals surface area contributed by atoms with Crippen LogP contribution < -0.4 is 10.6 Å². The van der Waals surface area contributed by atoms with E-state index in [0.717, 1.165) is 6.42 Å². The minimum atomic E-state index is -0.836. The van der Waals surface area contributed by atoms with Gasteiger partial charge in [0.2, 0.25) is 0 Å². The fourth-order valence-corrected chi connectivity index (χ4v) is 1.27. The van der Waals surface area contributed by atoms with E-state index in [0.29, 0.717) is 19.5 Å². The lowest BCUT2D eigenvalue weighted by atomic mass is 10.0. The zero-order valence-electron chi connectivity index (χ0n) is 10.4. The first-order valence-electron chi connectivity index (χ1n) is 5.73. The highest BCUT2D eigenvalue weighted by molar-refractivity contribution is 5.74. The number of nitrogens with one attached hydrogen (secondary N) is 2. The third kappa shape index (κ3) is 9.24. The lowest BCUT2D eigenvalue weighted by Gasteiger charge is -2.13. The quantitative estimate of drug-likeness (QED) is 0.462. The molecule has 0 aromatic heterocycles. The molecule has 0 aromatic rings. The van der Waals surface area contributed by atoms with Gasteiger partial charge >= 0.3 is 12.0 Å². The zero-order chi connectivity index (χ0) is 13.1. The summed E-state index contributed by atoms with van der Waals surface area (Å²) in [7, 11) is 0. The maximum Gasteiger partial charge on any atom is 0.314 e. The van der Waals surface area contributed by atoms with Crippen LogP contribution in [0.2, 0.25) is 0 Å². The number of carboxylic acid groups (broad SMARTS) is 1. The lowest BCUT2D eigenvalue weighted by Crippen LogP contribution is -2.38. The number of carbonyl (C=O) groups excluding carboxylic acids is 1. The molecule has 3 N–H and O–H groups in total. The van der Waals surface area contributed by atoms with E-state index in [1.807, 2.05) is 6.92 Å². The summed E-state index contributed by atoms with van der Waals surface area (Å²) in [6.07, 6.45) is 1.43. The molecule has 1 atom stereocenters. The second-order valence-corrected chi connectivity index (χ2v) is 3.69. The Kier molecular flexibility index (Phi) is 8.57. The van der Waals surface area contributed by atoms with E-state index < -0.39 is 5.97 Å². The predicted octanol–water partition coefficient (Wildman–Crippen LogP) is 1.20. The van der Waals surface area contributed by atoms with Crippen LogP contribution in [0, 0.1) is 17.8 Å². The minimum absolute atomic E-state index is 0.0197. The number of rotatable bonds is 7. The van der Waals surface area contributed by atoms with Crippen LogP contribution in [0.4, 0.5) is 4.79 Å². The van der Waals surface area contributed by atoms with E-state index in [2.05, 4.69) is 22.5 Å². The SMILES string of the molecule is CC#CCCNC(=O)NCC(CC)CC(=O)O. The fourth-order valence-electron chi connectivity index (χ4n) is 1.27. The highest BCUT2D eigenvalue weighted by Crippen LogP contribution is 2.06. The Morgan fingerprint density at radius 3 is 2.59 bits per heavy atom. The standard InChI is InChI=1S/C12H20N2O3/c1-3-5-6-7-13-12(17)14-9-10(4-2)8-11(15)16/h10H,4,6-9H2,1-2H3,(H,15,16)(H2,13,14,17). The second-order valence-electron chi connectivity index (χ2n) is 3.69. The first-order chi connectivity index (χ1) is 8.10. The molecule has 0 bridgehead atoms. The summed E-state index contributed by atoms with van der Waals surface area (Å²) in [5, 5.41) is 13.9. The van der Waals surface area contributed by atoms with Gasteiger partial charge in [0.15, 0.2) is 0 Å². The number of amides is 2. The molecular formula is C12H20N2O3. The van der Waals surface area contributed by atoms with Gasteiger partial charge < -0.3 is 15.7 Å². The molecule has 0 saturated carbocycles. The number of carbonyl (C=O) groups is 2. The monoisotopic (exact) mass is 240 g/mol. The van der Waals surface area contributed by atoms with Crippen molar-refractivity contribution in [1.29, 1.82) is 0 Å². The predicted molar refractivity (Wildman–Crippen MR) is 65.5 cm³/mol. The van der Waals surface area contributed by atoms with Gasteiger partial charge in [-0.3, -0.25) is 4.79 Å². The van der Waals surface area contributed by atoms with Crippen molar-refractivity contribution >= 4 is 12.0 Å². The van der Waals surface area contributed by atoms with Gasteiger partial charge in [-0.2, -0.15) is 0 Å². The van der Waals surface area contributed by atoms with Crippen LogP contribution in [0.15, 0.2) is 0 Å². The van der Waals surface area contributed by atoms with E-state index in [9.17, 15) is 9.59 Å².